The largest absolute Gasteiger partial charge is 0.338 e. The van der Waals surface area contributed by atoms with Gasteiger partial charge in [0, 0.05) is 31.0 Å². The molecule has 3 N–H and O–H groups in total. The molecule has 106 valence electrons. The second kappa shape index (κ2) is 7.74. The van der Waals surface area contributed by atoms with Gasteiger partial charge in [-0.1, -0.05) is 6.07 Å². The summed E-state index contributed by atoms with van der Waals surface area (Å²) in [5.74, 6) is 0. The number of carbonyl (C=O) groups is 1. The lowest BCUT2D eigenvalue weighted by atomic mass is 10.1. The number of nitrogens with one attached hydrogen (secondary N) is 3. The fourth-order valence-corrected chi connectivity index (χ4v) is 1.54. The summed E-state index contributed by atoms with van der Waals surface area (Å²) >= 11 is 0. The molecule has 0 aliphatic rings. The molecule has 0 atom stereocenters. The molecule has 0 aliphatic heterocycles. The predicted molar refractivity (Wildman–Crippen MR) is 76.8 cm³/mol. The van der Waals surface area contributed by atoms with E-state index in [2.05, 4.69) is 20.9 Å². The van der Waals surface area contributed by atoms with Gasteiger partial charge in [0.1, 0.15) is 0 Å². The molecule has 2 amide bonds. The van der Waals surface area contributed by atoms with Crippen LogP contribution in [0.1, 0.15) is 32.8 Å². The van der Waals surface area contributed by atoms with Crippen LogP contribution in [0.25, 0.3) is 0 Å². The van der Waals surface area contributed by atoms with Gasteiger partial charge in [-0.05, 0) is 45.4 Å². The van der Waals surface area contributed by atoms with Crippen LogP contribution in [-0.4, -0.2) is 29.6 Å². The van der Waals surface area contributed by atoms with Crippen LogP contribution in [0, 0.1) is 0 Å². The van der Waals surface area contributed by atoms with Gasteiger partial charge in [-0.25, -0.2) is 4.79 Å². The first-order valence-corrected chi connectivity index (χ1v) is 6.63. The number of aromatic nitrogens is 1. The molecule has 1 heterocycles. The number of hydrogen-bond donors (Lipinski definition) is 3. The third-order valence-electron chi connectivity index (χ3n) is 2.36. The van der Waals surface area contributed by atoms with E-state index in [1.165, 1.54) is 5.56 Å². The first-order valence-electron chi connectivity index (χ1n) is 6.63. The predicted octanol–water partition coefficient (Wildman–Crippen LogP) is 1.66. The molecule has 0 aromatic carbocycles. The molecule has 0 bridgehead atoms. The van der Waals surface area contributed by atoms with Gasteiger partial charge in [0.05, 0.1) is 0 Å². The van der Waals surface area contributed by atoms with Crippen LogP contribution in [0.4, 0.5) is 4.79 Å². The lowest BCUT2D eigenvalue weighted by Crippen LogP contribution is -2.46. The third kappa shape index (κ3) is 8.15. The monoisotopic (exact) mass is 264 g/mol. The standard InChI is InChI=1S/C14H24N4O/c1-14(2,3)18-13(19)17-9-5-8-16-11-12-6-4-7-15-10-12/h4,6-7,10,16H,5,8-9,11H2,1-3H3,(H2,17,18,19). The van der Waals surface area contributed by atoms with E-state index in [0.717, 1.165) is 19.5 Å². The summed E-state index contributed by atoms with van der Waals surface area (Å²) < 4.78 is 0. The Hall–Kier alpha value is -1.62. The van der Waals surface area contributed by atoms with Crippen LogP contribution in [0.15, 0.2) is 24.5 Å². The summed E-state index contributed by atoms with van der Waals surface area (Å²) in [6.45, 7) is 8.22. The van der Waals surface area contributed by atoms with Gasteiger partial charge >= 0.3 is 6.03 Å². The maximum absolute atomic E-state index is 11.5. The molecule has 0 radical (unpaired) electrons. The zero-order valence-corrected chi connectivity index (χ0v) is 12.0. The molecule has 5 nitrogen and oxygen atoms in total. The quantitative estimate of drug-likeness (QED) is 0.685. The van der Waals surface area contributed by atoms with Gasteiger partial charge in [-0.2, -0.15) is 0 Å². The summed E-state index contributed by atoms with van der Waals surface area (Å²) in [4.78, 5) is 15.5. The van der Waals surface area contributed by atoms with E-state index in [0.29, 0.717) is 6.54 Å². The lowest BCUT2D eigenvalue weighted by Gasteiger charge is -2.20. The van der Waals surface area contributed by atoms with E-state index in [1.54, 1.807) is 6.20 Å². The maximum Gasteiger partial charge on any atom is 0.315 e. The van der Waals surface area contributed by atoms with Crippen LogP contribution < -0.4 is 16.0 Å². The van der Waals surface area contributed by atoms with Crippen LogP contribution >= 0.6 is 0 Å². The molecular formula is C14H24N4O. The fourth-order valence-electron chi connectivity index (χ4n) is 1.54. The van der Waals surface area contributed by atoms with E-state index in [1.807, 2.05) is 39.1 Å². The average Bonchev–Trinajstić information content (AvgIpc) is 2.32. The maximum atomic E-state index is 11.5. The number of urea groups is 1. The first-order chi connectivity index (χ1) is 8.97. The van der Waals surface area contributed by atoms with Gasteiger partial charge in [0.15, 0.2) is 0 Å². The zero-order valence-electron chi connectivity index (χ0n) is 12.0. The highest BCUT2D eigenvalue weighted by Gasteiger charge is 2.12. The van der Waals surface area contributed by atoms with E-state index < -0.39 is 0 Å². The SMILES string of the molecule is CC(C)(C)NC(=O)NCCCNCc1cccnc1. The molecule has 0 spiro atoms. The Kier molecular flexibility index (Phi) is 6.29. The van der Waals surface area contributed by atoms with E-state index in [4.69, 9.17) is 0 Å². The van der Waals surface area contributed by atoms with E-state index in [-0.39, 0.29) is 11.6 Å². The average molecular weight is 264 g/mol. The number of pyridine rings is 1. The molecular weight excluding hydrogens is 240 g/mol. The van der Waals surface area contributed by atoms with Crippen molar-refractivity contribution in [2.75, 3.05) is 13.1 Å². The molecule has 1 aromatic heterocycles. The summed E-state index contributed by atoms with van der Waals surface area (Å²) in [6, 6.07) is 3.85. The minimum absolute atomic E-state index is 0.111. The smallest absolute Gasteiger partial charge is 0.315 e. The van der Waals surface area contributed by atoms with Gasteiger partial charge in [0.25, 0.3) is 0 Å². The summed E-state index contributed by atoms with van der Waals surface area (Å²) in [7, 11) is 0. The van der Waals surface area contributed by atoms with Crippen molar-refractivity contribution < 1.29 is 4.79 Å². The van der Waals surface area contributed by atoms with Crippen molar-refractivity contribution in [1.82, 2.24) is 20.9 Å². The van der Waals surface area contributed by atoms with Crippen LogP contribution in [-0.2, 0) is 6.54 Å². The Morgan fingerprint density at radius 1 is 1.32 bits per heavy atom. The number of carbonyl (C=O) groups excluding carboxylic acids is 1. The molecule has 0 aliphatic carbocycles. The molecule has 0 fully saturated rings. The van der Waals surface area contributed by atoms with Crippen molar-refractivity contribution in [3.05, 3.63) is 30.1 Å². The number of hydrogen-bond acceptors (Lipinski definition) is 3. The van der Waals surface area contributed by atoms with Gasteiger partial charge in [-0.15, -0.1) is 0 Å². The molecule has 0 saturated carbocycles. The molecule has 0 saturated heterocycles. The number of rotatable bonds is 6. The Labute approximate surface area is 115 Å². The number of nitrogens with zero attached hydrogens (tertiary/aromatic N) is 1. The highest BCUT2D eigenvalue weighted by molar-refractivity contribution is 5.74. The molecule has 5 heteroatoms. The van der Waals surface area contributed by atoms with Crippen molar-refractivity contribution >= 4 is 6.03 Å². The van der Waals surface area contributed by atoms with Crippen molar-refractivity contribution in [3.63, 3.8) is 0 Å². The summed E-state index contributed by atoms with van der Waals surface area (Å²) in [5.41, 5.74) is 0.976. The van der Waals surface area contributed by atoms with E-state index in [9.17, 15) is 4.79 Å². The Morgan fingerprint density at radius 3 is 2.74 bits per heavy atom. The molecule has 0 unspecified atom stereocenters. The van der Waals surface area contributed by atoms with Crippen molar-refractivity contribution in [1.29, 1.82) is 0 Å². The van der Waals surface area contributed by atoms with E-state index >= 15 is 0 Å². The van der Waals surface area contributed by atoms with Gasteiger partial charge < -0.3 is 16.0 Å². The third-order valence-corrected chi connectivity index (χ3v) is 2.36. The van der Waals surface area contributed by atoms with Crippen molar-refractivity contribution in [2.45, 2.75) is 39.3 Å². The van der Waals surface area contributed by atoms with Crippen LogP contribution in [0.5, 0.6) is 0 Å². The molecule has 19 heavy (non-hydrogen) atoms. The van der Waals surface area contributed by atoms with Crippen molar-refractivity contribution in [2.24, 2.45) is 0 Å². The van der Waals surface area contributed by atoms with Gasteiger partial charge in [-0.3, -0.25) is 4.98 Å². The summed E-state index contributed by atoms with van der Waals surface area (Å²) in [6.07, 6.45) is 4.51. The Balaban J connectivity index is 2.01. The zero-order chi connectivity index (χ0) is 14.1. The lowest BCUT2D eigenvalue weighted by molar-refractivity contribution is 0.232. The topological polar surface area (TPSA) is 66.1 Å². The highest BCUT2D eigenvalue weighted by Crippen LogP contribution is 1.97. The van der Waals surface area contributed by atoms with Crippen LogP contribution in [0.3, 0.4) is 0 Å². The molecule has 1 aromatic rings. The highest BCUT2D eigenvalue weighted by atomic mass is 16.2. The van der Waals surface area contributed by atoms with Crippen molar-refractivity contribution in [3.8, 4) is 0 Å². The minimum atomic E-state index is -0.192. The molecule has 1 rings (SSSR count). The first kappa shape index (κ1) is 15.4. The van der Waals surface area contributed by atoms with Crippen LogP contribution in [0.2, 0.25) is 0 Å². The Bertz CT molecular complexity index is 373. The fraction of sp³-hybridized carbons (Fsp3) is 0.571. The second-order valence-electron chi connectivity index (χ2n) is 5.52. The van der Waals surface area contributed by atoms with Gasteiger partial charge in [0.2, 0.25) is 0 Å². The minimum Gasteiger partial charge on any atom is -0.338 e. The number of amides is 2. The summed E-state index contributed by atoms with van der Waals surface area (Å²) in [5, 5.41) is 9.00. The Morgan fingerprint density at radius 2 is 2.11 bits per heavy atom. The second-order valence-corrected chi connectivity index (χ2v) is 5.52. The normalized spacial score (nSPS) is 11.1.